The summed E-state index contributed by atoms with van der Waals surface area (Å²) in [4.78, 5) is 13.4. The van der Waals surface area contributed by atoms with Crippen molar-refractivity contribution in [3.05, 3.63) is 10.8 Å². The van der Waals surface area contributed by atoms with Crippen molar-refractivity contribution >= 4 is 27.5 Å². The maximum atomic E-state index is 15.4. The van der Waals surface area contributed by atoms with E-state index in [9.17, 15) is 13.2 Å². The van der Waals surface area contributed by atoms with Gasteiger partial charge in [-0.1, -0.05) is 11.6 Å². The number of rotatable bonds is 4. The molecular formula is C15H19ClF2N4O3S. The van der Waals surface area contributed by atoms with E-state index in [2.05, 4.69) is 5.10 Å². The normalized spacial score (nSPS) is 32.5. The van der Waals surface area contributed by atoms with Crippen LogP contribution in [-0.2, 0) is 21.9 Å². The summed E-state index contributed by atoms with van der Waals surface area (Å²) in [5.74, 6) is -0.666. The minimum absolute atomic E-state index is 0.136. The van der Waals surface area contributed by atoms with E-state index in [1.807, 2.05) is 0 Å². The van der Waals surface area contributed by atoms with Crippen LogP contribution >= 0.6 is 11.6 Å². The number of sulfonamides is 1. The van der Waals surface area contributed by atoms with Crippen LogP contribution in [-0.4, -0.2) is 70.8 Å². The molecule has 1 aliphatic carbocycles. The predicted molar refractivity (Wildman–Crippen MR) is 88.7 cm³/mol. The third-order valence-corrected chi connectivity index (χ3v) is 7.96. The Morgan fingerprint density at radius 1 is 1.27 bits per heavy atom. The Hall–Kier alpha value is -1.26. The van der Waals surface area contributed by atoms with Crippen LogP contribution in [0.15, 0.2) is 4.90 Å². The maximum Gasteiger partial charge on any atom is 0.265 e. The third-order valence-electron chi connectivity index (χ3n) is 5.47. The number of likely N-dealkylation sites (tertiary alicyclic amines) is 1. The molecule has 3 aliphatic rings. The fraction of sp³-hybridized carbons (Fsp3) is 0.733. The number of aromatic nitrogens is 2. The lowest BCUT2D eigenvalue weighted by atomic mass is 9.93. The minimum atomic E-state index is -4.28. The summed E-state index contributed by atoms with van der Waals surface area (Å²) in [5, 5.41) is 3.80. The molecule has 1 saturated carbocycles. The van der Waals surface area contributed by atoms with Crippen LogP contribution in [0.1, 0.15) is 18.5 Å². The number of carbonyl (C=O) groups excluding carboxylic acids is 1. The lowest BCUT2D eigenvalue weighted by molar-refractivity contribution is -0.139. The zero-order chi connectivity index (χ0) is 19.1. The smallest absolute Gasteiger partial charge is 0.265 e. The van der Waals surface area contributed by atoms with E-state index in [0.29, 0.717) is 16.8 Å². The highest BCUT2D eigenvalue weighted by Crippen LogP contribution is 2.48. The summed E-state index contributed by atoms with van der Waals surface area (Å²) in [5.41, 5.74) is -5.29. The molecule has 0 aromatic carbocycles. The van der Waals surface area contributed by atoms with Crippen molar-refractivity contribution in [2.24, 2.45) is 13.0 Å². The molecule has 0 spiro atoms. The van der Waals surface area contributed by atoms with E-state index < -0.39 is 46.9 Å². The molecule has 4 rings (SSSR count). The van der Waals surface area contributed by atoms with Crippen molar-refractivity contribution in [3.8, 4) is 0 Å². The summed E-state index contributed by atoms with van der Waals surface area (Å²) in [6.45, 7) is -0.213. The monoisotopic (exact) mass is 408 g/mol. The summed E-state index contributed by atoms with van der Waals surface area (Å²) >= 11 is 6.02. The van der Waals surface area contributed by atoms with Crippen molar-refractivity contribution in [2.75, 3.05) is 26.2 Å². The van der Waals surface area contributed by atoms with Crippen LogP contribution in [0.5, 0.6) is 0 Å². The molecule has 2 aliphatic heterocycles. The van der Waals surface area contributed by atoms with E-state index in [1.165, 1.54) is 23.6 Å². The number of hydrogen-bond acceptors (Lipinski definition) is 4. The summed E-state index contributed by atoms with van der Waals surface area (Å²) in [6, 6.07) is 0. The minimum Gasteiger partial charge on any atom is -0.336 e. The number of nitrogens with zero attached hydrogens (tertiary/aromatic N) is 4. The van der Waals surface area contributed by atoms with Crippen molar-refractivity contribution in [3.63, 3.8) is 0 Å². The topological polar surface area (TPSA) is 75.5 Å². The molecule has 144 valence electrons. The lowest BCUT2D eigenvalue weighted by Gasteiger charge is -2.22. The Morgan fingerprint density at radius 3 is 2.42 bits per heavy atom. The number of alkyl halides is 2. The van der Waals surface area contributed by atoms with E-state index in [4.69, 9.17) is 11.6 Å². The van der Waals surface area contributed by atoms with E-state index >= 15 is 8.78 Å². The number of halogens is 3. The second-order valence-corrected chi connectivity index (χ2v) is 9.73. The number of aryl methyl sites for hydroxylation is 2. The highest BCUT2D eigenvalue weighted by atomic mass is 35.5. The highest BCUT2D eigenvalue weighted by Gasteiger charge is 2.72. The average Bonchev–Trinajstić information content (AvgIpc) is 3.21. The molecule has 0 bridgehead atoms. The highest BCUT2D eigenvalue weighted by molar-refractivity contribution is 7.89. The average molecular weight is 409 g/mol. The van der Waals surface area contributed by atoms with Gasteiger partial charge in [0.15, 0.2) is 5.67 Å². The van der Waals surface area contributed by atoms with Gasteiger partial charge in [0, 0.05) is 13.6 Å². The van der Waals surface area contributed by atoms with Crippen LogP contribution in [0.2, 0.25) is 5.15 Å². The molecule has 0 N–H and O–H groups in total. The Kier molecular flexibility index (Phi) is 3.75. The van der Waals surface area contributed by atoms with Gasteiger partial charge < -0.3 is 4.90 Å². The first-order valence-electron chi connectivity index (χ1n) is 8.36. The van der Waals surface area contributed by atoms with Crippen LogP contribution < -0.4 is 0 Å². The molecule has 11 heteroatoms. The van der Waals surface area contributed by atoms with Gasteiger partial charge >= 0.3 is 0 Å². The van der Waals surface area contributed by atoms with Gasteiger partial charge in [0.1, 0.15) is 10.0 Å². The maximum absolute atomic E-state index is 15.4. The van der Waals surface area contributed by atoms with Gasteiger partial charge in [0.25, 0.3) is 5.91 Å². The third kappa shape index (κ3) is 2.34. The lowest BCUT2D eigenvalue weighted by Crippen LogP contribution is -2.47. The van der Waals surface area contributed by atoms with E-state index in [0.717, 1.165) is 12.8 Å². The fourth-order valence-electron chi connectivity index (χ4n) is 3.87. The first-order valence-corrected chi connectivity index (χ1v) is 10.2. The molecule has 7 nitrogen and oxygen atoms in total. The van der Waals surface area contributed by atoms with Gasteiger partial charge in [0.2, 0.25) is 15.7 Å². The first kappa shape index (κ1) is 18.1. The Morgan fingerprint density at radius 2 is 1.92 bits per heavy atom. The first-order chi connectivity index (χ1) is 12.0. The second-order valence-electron chi connectivity index (χ2n) is 7.50. The van der Waals surface area contributed by atoms with Crippen molar-refractivity contribution in [1.29, 1.82) is 0 Å². The Balaban J connectivity index is 1.65. The Bertz CT molecular complexity index is 903. The van der Waals surface area contributed by atoms with Crippen LogP contribution in [0.25, 0.3) is 0 Å². The van der Waals surface area contributed by atoms with Crippen LogP contribution in [0, 0.1) is 12.8 Å². The van der Waals surface area contributed by atoms with Crippen molar-refractivity contribution < 1.29 is 22.0 Å². The predicted octanol–water partition coefficient (Wildman–Crippen LogP) is 1.06. The van der Waals surface area contributed by atoms with Gasteiger partial charge in [0.05, 0.1) is 25.3 Å². The fourth-order valence-corrected chi connectivity index (χ4v) is 6.07. The molecule has 1 aromatic rings. The molecule has 0 unspecified atom stereocenters. The zero-order valence-corrected chi connectivity index (χ0v) is 15.9. The van der Waals surface area contributed by atoms with Gasteiger partial charge in [-0.15, -0.1) is 0 Å². The zero-order valence-electron chi connectivity index (χ0n) is 14.4. The molecule has 3 heterocycles. The van der Waals surface area contributed by atoms with E-state index in [1.54, 1.807) is 0 Å². The Labute approximate surface area is 154 Å². The summed E-state index contributed by atoms with van der Waals surface area (Å²) in [6.07, 6.45) is 1.89. The van der Waals surface area contributed by atoms with Gasteiger partial charge in [-0.05, 0) is 25.7 Å². The largest absolute Gasteiger partial charge is 0.336 e. The number of carbonyl (C=O) groups is 1. The van der Waals surface area contributed by atoms with E-state index in [-0.39, 0.29) is 15.7 Å². The second kappa shape index (κ2) is 5.39. The molecule has 2 atom stereocenters. The van der Waals surface area contributed by atoms with Gasteiger partial charge in [-0.3, -0.25) is 9.48 Å². The number of amides is 1. The summed E-state index contributed by atoms with van der Waals surface area (Å²) < 4.78 is 58.4. The molecule has 1 amide bonds. The molecule has 2 saturated heterocycles. The van der Waals surface area contributed by atoms with Crippen LogP contribution in [0.3, 0.4) is 0 Å². The van der Waals surface area contributed by atoms with Gasteiger partial charge in [-0.2, -0.15) is 9.40 Å². The van der Waals surface area contributed by atoms with Gasteiger partial charge in [-0.25, -0.2) is 17.2 Å². The standard InChI is InChI=1S/C15H19ClF2N4O3S/c1-9-11(12(16)20(2)19-9)26(24,25)22-7-14(17)6-21(5-10-3-4-10)13(23)15(14,18)8-22/h10H,3-8H2,1-2H3/t14-,15-/m0/s1. The SMILES string of the molecule is Cc1nn(C)c(Cl)c1S(=O)(=O)N1C[C@@]2(F)CN(CC3CC3)C(=O)[C@@]2(F)C1. The van der Waals surface area contributed by atoms with Crippen LogP contribution in [0.4, 0.5) is 8.78 Å². The number of hydrogen-bond donors (Lipinski definition) is 0. The molecule has 26 heavy (non-hydrogen) atoms. The van der Waals surface area contributed by atoms with Crippen molar-refractivity contribution in [1.82, 2.24) is 19.0 Å². The molecule has 1 aromatic heterocycles. The summed E-state index contributed by atoms with van der Waals surface area (Å²) in [7, 11) is -2.81. The van der Waals surface area contributed by atoms with Crippen molar-refractivity contribution in [2.45, 2.75) is 36.0 Å². The number of fused-ring (bicyclic) bond motifs is 1. The molecule has 3 fully saturated rings. The molecule has 0 radical (unpaired) electrons. The quantitative estimate of drug-likeness (QED) is 0.746. The molecular weight excluding hydrogens is 390 g/mol.